The van der Waals surface area contributed by atoms with E-state index in [9.17, 15) is 0 Å². The molecule has 0 aliphatic rings. The Kier molecular flexibility index (Phi) is 4.23. The molecule has 0 bridgehead atoms. The third-order valence-corrected chi connectivity index (χ3v) is 3.43. The Morgan fingerprint density at radius 2 is 2.22 bits per heavy atom. The first-order valence-electron chi connectivity index (χ1n) is 5.44. The monoisotopic (exact) mass is 280 g/mol. The Balaban J connectivity index is 2.03. The van der Waals surface area contributed by atoms with Crippen LogP contribution < -0.4 is 10.5 Å². The molecule has 1 heterocycles. The minimum atomic E-state index is -0.0165. The molecule has 18 heavy (non-hydrogen) atoms. The first-order chi connectivity index (χ1) is 8.66. The lowest BCUT2D eigenvalue weighted by Crippen LogP contribution is -2.13. The summed E-state index contributed by atoms with van der Waals surface area (Å²) in [6.45, 7) is 0.539. The predicted octanol–water partition coefficient (Wildman–Crippen LogP) is 3.31. The van der Waals surface area contributed by atoms with Crippen molar-refractivity contribution < 1.29 is 4.74 Å². The van der Waals surface area contributed by atoms with Gasteiger partial charge in [-0.05, 0) is 40.6 Å². The second-order valence-electron chi connectivity index (χ2n) is 3.78. The minimum absolute atomic E-state index is 0.0165. The van der Waals surface area contributed by atoms with Gasteiger partial charge in [-0.15, -0.1) is 0 Å². The highest BCUT2D eigenvalue weighted by Gasteiger charge is 2.07. The summed E-state index contributed by atoms with van der Waals surface area (Å²) in [5.74, 6) is 0.544. The van der Waals surface area contributed by atoms with Gasteiger partial charge < -0.3 is 10.5 Å². The number of nitrogens with one attached hydrogen (secondary N) is 1. The smallest absolute Gasteiger partial charge is 0.131 e. The molecule has 0 saturated heterocycles. The van der Waals surface area contributed by atoms with Crippen LogP contribution in [0.15, 0.2) is 35.0 Å². The van der Waals surface area contributed by atoms with E-state index in [-0.39, 0.29) is 5.84 Å². The molecule has 0 spiro atoms. The van der Waals surface area contributed by atoms with Gasteiger partial charge in [0.15, 0.2) is 0 Å². The van der Waals surface area contributed by atoms with Crippen molar-refractivity contribution >= 4 is 28.8 Å². The standard InChI is InChI=1S/C13H13ClN2OS/c14-10-1-2-11(13(15)16)12(7-10)17-5-3-9-4-6-18-8-9/h1-2,4,6-8H,3,5H2,(H3,15,16). The number of benzene rings is 1. The molecule has 0 atom stereocenters. The van der Waals surface area contributed by atoms with Crippen molar-refractivity contribution in [2.75, 3.05) is 6.61 Å². The second-order valence-corrected chi connectivity index (χ2v) is 5.00. The highest BCUT2D eigenvalue weighted by molar-refractivity contribution is 7.07. The van der Waals surface area contributed by atoms with Crippen LogP contribution in [-0.2, 0) is 6.42 Å². The zero-order valence-corrected chi connectivity index (χ0v) is 11.2. The number of rotatable bonds is 5. The van der Waals surface area contributed by atoms with E-state index in [0.29, 0.717) is 22.9 Å². The molecule has 0 unspecified atom stereocenters. The summed E-state index contributed by atoms with van der Waals surface area (Å²) in [5, 5.41) is 12.2. The highest BCUT2D eigenvalue weighted by atomic mass is 35.5. The SMILES string of the molecule is N=C(N)c1ccc(Cl)cc1OCCc1ccsc1. The summed E-state index contributed by atoms with van der Waals surface area (Å²) < 4.78 is 5.65. The fraction of sp³-hybridized carbons (Fsp3) is 0.154. The summed E-state index contributed by atoms with van der Waals surface area (Å²) in [5.41, 5.74) is 7.31. The maximum atomic E-state index is 7.48. The third kappa shape index (κ3) is 3.24. The molecule has 0 saturated carbocycles. The maximum Gasteiger partial charge on any atom is 0.131 e. The van der Waals surface area contributed by atoms with Gasteiger partial charge in [-0.1, -0.05) is 11.6 Å². The van der Waals surface area contributed by atoms with Crippen LogP contribution in [-0.4, -0.2) is 12.4 Å². The third-order valence-electron chi connectivity index (χ3n) is 2.46. The fourth-order valence-electron chi connectivity index (χ4n) is 1.55. The molecule has 3 N–H and O–H groups in total. The topological polar surface area (TPSA) is 59.1 Å². The van der Waals surface area contributed by atoms with Gasteiger partial charge in [0, 0.05) is 11.4 Å². The van der Waals surface area contributed by atoms with Crippen molar-refractivity contribution in [1.29, 1.82) is 5.41 Å². The molecule has 5 heteroatoms. The lowest BCUT2D eigenvalue weighted by atomic mass is 10.2. The number of nitrogens with two attached hydrogens (primary N) is 1. The first kappa shape index (κ1) is 12.9. The molecule has 94 valence electrons. The number of hydrogen-bond donors (Lipinski definition) is 2. The van der Waals surface area contributed by atoms with Gasteiger partial charge >= 0.3 is 0 Å². The minimum Gasteiger partial charge on any atom is -0.492 e. The van der Waals surface area contributed by atoms with Crippen LogP contribution in [0.3, 0.4) is 0 Å². The van der Waals surface area contributed by atoms with Gasteiger partial charge in [0.25, 0.3) is 0 Å². The van der Waals surface area contributed by atoms with Crippen LogP contribution in [0.25, 0.3) is 0 Å². The molecule has 3 nitrogen and oxygen atoms in total. The van der Waals surface area contributed by atoms with Crippen molar-refractivity contribution in [3.63, 3.8) is 0 Å². The summed E-state index contributed by atoms with van der Waals surface area (Å²) in [4.78, 5) is 0. The number of hydrogen-bond acceptors (Lipinski definition) is 3. The van der Waals surface area contributed by atoms with Crippen molar-refractivity contribution in [3.05, 3.63) is 51.2 Å². The predicted molar refractivity (Wildman–Crippen MR) is 76.0 cm³/mol. The zero-order valence-electron chi connectivity index (χ0n) is 9.65. The Bertz CT molecular complexity index is 540. The Hall–Kier alpha value is -1.52. The van der Waals surface area contributed by atoms with E-state index < -0.39 is 0 Å². The lowest BCUT2D eigenvalue weighted by Gasteiger charge is -2.10. The molecule has 2 aromatic rings. The maximum absolute atomic E-state index is 7.48. The summed E-state index contributed by atoms with van der Waals surface area (Å²) in [7, 11) is 0. The zero-order chi connectivity index (χ0) is 13.0. The van der Waals surface area contributed by atoms with E-state index >= 15 is 0 Å². The highest BCUT2D eigenvalue weighted by Crippen LogP contribution is 2.23. The molecule has 0 fully saturated rings. The van der Waals surface area contributed by atoms with Crippen molar-refractivity contribution in [2.45, 2.75) is 6.42 Å². The normalized spacial score (nSPS) is 10.3. The second kappa shape index (κ2) is 5.89. The quantitative estimate of drug-likeness (QED) is 0.652. The molecule has 0 aliphatic carbocycles. The van der Waals surface area contributed by atoms with E-state index in [1.165, 1.54) is 5.56 Å². The molecule has 0 aliphatic heterocycles. The van der Waals surface area contributed by atoms with Crippen LogP contribution in [0, 0.1) is 5.41 Å². The van der Waals surface area contributed by atoms with Crippen molar-refractivity contribution in [2.24, 2.45) is 5.73 Å². The number of nitrogen functional groups attached to an aromatic ring is 1. The molecule has 0 radical (unpaired) electrons. The van der Waals surface area contributed by atoms with Crippen LogP contribution >= 0.6 is 22.9 Å². The van der Waals surface area contributed by atoms with Crippen molar-refractivity contribution in [1.82, 2.24) is 0 Å². The summed E-state index contributed by atoms with van der Waals surface area (Å²) >= 11 is 7.58. The molecular weight excluding hydrogens is 268 g/mol. The average Bonchev–Trinajstić information content (AvgIpc) is 2.82. The van der Waals surface area contributed by atoms with Gasteiger partial charge in [-0.2, -0.15) is 11.3 Å². The van der Waals surface area contributed by atoms with E-state index in [1.807, 2.05) is 5.38 Å². The van der Waals surface area contributed by atoms with Gasteiger partial charge in [0.2, 0.25) is 0 Å². The van der Waals surface area contributed by atoms with E-state index in [0.717, 1.165) is 6.42 Å². The average molecular weight is 281 g/mol. The van der Waals surface area contributed by atoms with Crippen LogP contribution in [0.4, 0.5) is 0 Å². The Labute approximate surface area is 115 Å². The molecule has 2 rings (SSSR count). The lowest BCUT2D eigenvalue weighted by molar-refractivity contribution is 0.321. The van der Waals surface area contributed by atoms with Crippen LogP contribution in [0.2, 0.25) is 5.02 Å². The summed E-state index contributed by atoms with van der Waals surface area (Å²) in [6, 6.07) is 7.15. The van der Waals surface area contributed by atoms with Crippen molar-refractivity contribution in [3.8, 4) is 5.75 Å². The Morgan fingerprint density at radius 3 is 2.89 bits per heavy atom. The molecule has 1 aromatic heterocycles. The van der Waals surface area contributed by atoms with Crippen LogP contribution in [0.1, 0.15) is 11.1 Å². The largest absolute Gasteiger partial charge is 0.492 e. The molecule has 0 amide bonds. The van der Waals surface area contributed by atoms with Gasteiger partial charge in [-0.3, -0.25) is 5.41 Å². The molecule has 1 aromatic carbocycles. The number of ether oxygens (including phenoxy) is 1. The first-order valence-corrected chi connectivity index (χ1v) is 6.76. The van der Waals surface area contributed by atoms with Gasteiger partial charge in [0.1, 0.15) is 11.6 Å². The van der Waals surface area contributed by atoms with E-state index in [4.69, 9.17) is 27.5 Å². The summed E-state index contributed by atoms with van der Waals surface area (Å²) in [6.07, 6.45) is 0.827. The van der Waals surface area contributed by atoms with E-state index in [2.05, 4.69) is 11.4 Å². The number of halogens is 1. The van der Waals surface area contributed by atoms with Gasteiger partial charge in [-0.25, -0.2) is 0 Å². The van der Waals surface area contributed by atoms with Crippen LogP contribution in [0.5, 0.6) is 5.75 Å². The number of amidine groups is 1. The number of thiophene rings is 1. The molecular formula is C13H13ClN2OS. The van der Waals surface area contributed by atoms with E-state index in [1.54, 1.807) is 29.5 Å². The fourth-order valence-corrected chi connectivity index (χ4v) is 2.42. The van der Waals surface area contributed by atoms with Gasteiger partial charge in [0.05, 0.1) is 12.2 Å². The Morgan fingerprint density at radius 1 is 1.39 bits per heavy atom.